The summed E-state index contributed by atoms with van der Waals surface area (Å²) < 4.78 is 15.3. The van der Waals surface area contributed by atoms with Gasteiger partial charge in [-0.25, -0.2) is 0 Å². The number of nitrogens with two attached hydrogens (primary N) is 1. The van der Waals surface area contributed by atoms with Gasteiger partial charge in [0, 0.05) is 91.2 Å². The second-order valence-electron chi connectivity index (χ2n) is 12.3. The summed E-state index contributed by atoms with van der Waals surface area (Å²) in [6.45, 7) is 0. The van der Waals surface area contributed by atoms with Gasteiger partial charge in [0.05, 0.1) is 23.8 Å². The Bertz CT molecular complexity index is 2510. The second kappa shape index (κ2) is 16.2. The van der Waals surface area contributed by atoms with Gasteiger partial charge < -0.3 is 20.5 Å². The second-order valence-corrected chi connectivity index (χ2v) is 12.3. The van der Waals surface area contributed by atoms with Crippen LogP contribution in [-0.2, 0) is 14.1 Å². The lowest BCUT2D eigenvalue weighted by Gasteiger charge is -2.10. The third-order valence-electron chi connectivity index (χ3n) is 8.12. The Hall–Kier alpha value is -7.53. The number of ether oxygens (including phenoxy) is 2. The van der Waals surface area contributed by atoms with Crippen LogP contribution >= 0.6 is 0 Å². The van der Waals surface area contributed by atoms with Crippen molar-refractivity contribution in [2.45, 2.75) is 0 Å². The highest BCUT2D eigenvalue weighted by molar-refractivity contribution is 6.05. The van der Waals surface area contributed by atoms with Gasteiger partial charge >= 0.3 is 0 Å². The average molecular weight is 713 g/mol. The van der Waals surface area contributed by atoms with Gasteiger partial charge in [-0.1, -0.05) is 54.6 Å². The molecular weight excluding hydrogens is 677 g/mol. The molecule has 0 radical (unpaired) electrons. The molecule has 11 heteroatoms. The van der Waals surface area contributed by atoms with Crippen molar-refractivity contribution in [3.63, 3.8) is 0 Å². The molecule has 0 aliphatic heterocycles. The van der Waals surface area contributed by atoms with Crippen molar-refractivity contribution in [1.82, 2.24) is 29.5 Å². The third kappa shape index (κ3) is 9.03. The van der Waals surface area contributed by atoms with Crippen molar-refractivity contribution >= 4 is 17.3 Å². The summed E-state index contributed by atoms with van der Waals surface area (Å²) in [5, 5.41) is 11.3. The van der Waals surface area contributed by atoms with E-state index in [1.807, 2.05) is 130 Å². The molecule has 0 bridgehead atoms. The number of hydrogen-bond acceptors (Lipinski definition) is 8. The smallest absolute Gasteiger partial charge is 0.255 e. The number of anilines is 2. The Morgan fingerprint density at radius 3 is 1.72 bits per heavy atom. The number of aromatic nitrogens is 6. The Balaban J connectivity index is 0.000000191. The maximum atomic E-state index is 12.9. The Labute approximate surface area is 312 Å². The summed E-state index contributed by atoms with van der Waals surface area (Å²) in [4.78, 5) is 21.6. The largest absolute Gasteiger partial charge is 0.457 e. The van der Waals surface area contributed by atoms with Crippen molar-refractivity contribution in [2.24, 2.45) is 14.1 Å². The number of nitrogens with zero attached hydrogens (tertiary/aromatic N) is 6. The number of rotatable bonds is 9. The highest BCUT2D eigenvalue weighted by Crippen LogP contribution is 2.29. The number of nitrogen functional groups attached to an aromatic ring is 1. The predicted octanol–water partition coefficient (Wildman–Crippen LogP) is 9.05. The van der Waals surface area contributed by atoms with E-state index < -0.39 is 0 Å². The Morgan fingerprint density at radius 2 is 1.13 bits per heavy atom. The van der Waals surface area contributed by atoms with Crippen molar-refractivity contribution in [3.8, 4) is 56.6 Å². The highest BCUT2D eigenvalue weighted by atomic mass is 16.5. The first-order valence-electron chi connectivity index (χ1n) is 17.0. The number of carbonyl (C=O) groups excluding carboxylic acids is 1. The number of nitrogens with one attached hydrogen (secondary N) is 1. The molecule has 0 saturated heterocycles. The van der Waals surface area contributed by atoms with E-state index in [2.05, 4.69) is 25.5 Å². The summed E-state index contributed by atoms with van der Waals surface area (Å²) >= 11 is 0. The molecule has 4 heterocycles. The molecule has 4 aromatic carbocycles. The summed E-state index contributed by atoms with van der Waals surface area (Å²) in [7, 11) is 3.73. The first-order chi connectivity index (χ1) is 26.3. The zero-order chi connectivity index (χ0) is 37.3. The van der Waals surface area contributed by atoms with Gasteiger partial charge in [0.15, 0.2) is 0 Å². The lowest BCUT2D eigenvalue weighted by Crippen LogP contribution is -2.11. The van der Waals surface area contributed by atoms with Crippen LogP contribution in [0.15, 0.2) is 165 Å². The molecule has 1 amide bonds. The number of pyridine rings is 2. The first-order valence-corrected chi connectivity index (χ1v) is 17.0. The van der Waals surface area contributed by atoms with Crippen LogP contribution in [-0.4, -0.2) is 35.4 Å². The van der Waals surface area contributed by atoms with E-state index >= 15 is 0 Å². The molecule has 8 rings (SSSR count). The molecule has 0 spiro atoms. The Morgan fingerprint density at radius 1 is 0.574 bits per heavy atom. The number of amides is 1. The van der Waals surface area contributed by atoms with Gasteiger partial charge in [0.1, 0.15) is 23.0 Å². The van der Waals surface area contributed by atoms with Crippen LogP contribution in [0.5, 0.6) is 23.0 Å². The maximum Gasteiger partial charge on any atom is 0.255 e. The van der Waals surface area contributed by atoms with E-state index in [1.165, 1.54) is 0 Å². The fourth-order valence-electron chi connectivity index (χ4n) is 5.53. The Kier molecular flexibility index (Phi) is 10.5. The molecule has 54 heavy (non-hydrogen) atoms. The molecule has 3 N–H and O–H groups in total. The topological polar surface area (TPSA) is 135 Å². The minimum Gasteiger partial charge on any atom is -0.457 e. The van der Waals surface area contributed by atoms with Crippen molar-refractivity contribution in [1.29, 1.82) is 0 Å². The molecular formula is C43H36N8O3. The predicted molar refractivity (Wildman–Crippen MR) is 210 cm³/mol. The van der Waals surface area contributed by atoms with Gasteiger partial charge in [0.2, 0.25) is 0 Å². The van der Waals surface area contributed by atoms with E-state index in [9.17, 15) is 4.79 Å². The van der Waals surface area contributed by atoms with Gasteiger partial charge in [-0.3, -0.25) is 24.1 Å². The zero-order valence-electron chi connectivity index (χ0n) is 29.6. The SMILES string of the molecule is Cn1cc(-c2cc(Oc3cccc(N)c3)ccn2)cn1.Cn1cc(-c2cc(Oc3cccc(NC(=O)c4cccc(-c5ccccc5)c4)c3)ccn2)cn1. The first kappa shape index (κ1) is 34.9. The highest BCUT2D eigenvalue weighted by Gasteiger charge is 2.10. The van der Waals surface area contributed by atoms with Gasteiger partial charge in [0.25, 0.3) is 5.91 Å². The van der Waals surface area contributed by atoms with E-state index in [4.69, 9.17) is 15.2 Å². The fourth-order valence-corrected chi connectivity index (χ4v) is 5.53. The standard InChI is InChI=1S/C28H22N4O2.C15H14N4O/c1-32-19-23(18-30-32)27-17-26(13-14-29-27)34-25-12-6-11-24(16-25)31-28(33)22-10-5-9-21(15-22)20-7-3-2-4-8-20;1-19-10-11(9-18-19)15-8-14(5-6-17-15)20-13-4-2-3-12(16)7-13/h2-19H,1H3,(H,31,33);2-10H,16H2,1H3. The average Bonchev–Trinajstić information content (AvgIpc) is 3.84. The quantitative estimate of drug-likeness (QED) is 0.142. The van der Waals surface area contributed by atoms with E-state index in [0.29, 0.717) is 39.9 Å². The normalized spacial score (nSPS) is 10.6. The molecule has 266 valence electrons. The summed E-state index contributed by atoms with van der Waals surface area (Å²) in [6, 6.07) is 39.5. The summed E-state index contributed by atoms with van der Waals surface area (Å²) in [5.41, 5.74) is 13.1. The minimum absolute atomic E-state index is 0.183. The van der Waals surface area contributed by atoms with Gasteiger partial charge in [-0.2, -0.15) is 10.2 Å². The molecule has 0 unspecified atom stereocenters. The number of hydrogen-bond donors (Lipinski definition) is 2. The van der Waals surface area contributed by atoms with Crippen LogP contribution in [0.1, 0.15) is 10.4 Å². The molecule has 0 saturated carbocycles. The number of benzene rings is 4. The molecule has 0 atom stereocenters. The van der Waals surface area contributed by atoms with E-state index in [1.54, 1.807) is 58.4 Å². The van der Waals surface area contributed by atoms with Crippen molar-refractivity contribution in [3.05, 3.63) is 170 Å². The molecule has 8 aromatic rings. The monoisotopic (exact) mass is 712 g/mol. The number of carbonyl (C=O) groups is 1. The minimum atomic E-state index is -0.183. The molecule has 4 aromatic heterocycles. The summed E-state index contributed by atoms with van der Waals surface area (Å²) in [5.74, 6) is 2.49. The lowest BCUT2D eigenvalue weighted by atomic mass is 10.0. The van der Waals surface area contributed by atoms with Crippen LogP contribution in [0.2, 0.25) is 0 Å². The van der Waals surface area contributed by atoms with E-state index in [0.717, 1.165) is 33.6 Å². The van der Waals surface area contributed by atoms with Crippen LogP contribution in [0, 0.1) is 0 Å². The molecule has 0 aliphatic carbocycles. The van der Waals surface area contributed by atoms with Crippen LogP contribution in [0.4, 0.5) is 11.4 Å². The van der Waals surface area contributed by atoms with Gasteiger partial charge in [-0.15, -0.1) is 0 Å². The van der Waals surface area contributed by atoms with E-state index in [-0.39, 0.29) is 5.91 Å². The number of aryl methyl sites for hydroxylation is 2. The maximum absolute atomic E-state index is 12.9. The van der Waals surface area contributed by atoms with Crippen LogP contribution in [0.3, 0.4) is 0 Å². The van der Waals surface area contributed by atoms with Gasteiger partial charge in [-0.05, 0) is 59.7 Å². The third-order valence-corrected chi connectivity index (χ3v) is 8.12. The van der Waals surface area contributed by atoms with Crippen LogP contribution in [0.25, 0.3) is 33.6 Å². The molecule has 0 aliphatic rings. The summed E-state index contributed by atoms with van der Waals surface area (Å²) in [6.07, 6.45) is 10.7. The van der Waals surface area contributed by atoms with Crippen molar-refractivity contribution < 1.29 is 14.3 Å². The molecule has 11 nitrogen and oxygen atoms in total. The van der Waals surface area contributed by atoms with Crippen LogP contribution < -0.4 is 20.5 Å². The fraction of sp³-hybridized carbons (Fsp3) is 0.0465. The lowest BCUT2D eigenvalue weighted by molar-refractivity contribution is 0.102. The zero-order valence-corrected chi connectivity index (χ0v) is 29.6. The van der Waals surface area contributed by atoms with Crippen molar-refractivity contribution in [2.75, 3.05) is 11.1 Å². The molecule has 0 fully saturated rings.